The zero-order chi connectivity index (χ0) is 29.1. The molecule has 8 heteroatoms. The van der Waals surface area contributed by atoms with Crippen molar-refractivity contribution in [1.29, 1.82) is 0 Å². The van der Waals surface area contributed by atoms with Gasteiger partial charge in [-0.15, -0.1) is 0 Å². The Kier molecular flexibility index (Phi) is 7.53. The number of hydrogen-bond acceptors (Lipinski definition) is 7. The number of ketones is 1. The summed E-state index contributed by atoms with van der Waals surface area (Å²) >= 11 is 1.28. The molecule has 1 amide bonds. The molecular weight excluding hydrogens is 548 g/mol. The van der Waals surface area contributed by atoms with Crippen molar-refractivity contribution in [2.45, 2.75) is 12.6 Å². The first-order chi connectivity index (χ1) is 20.5. The highest BCUT2D eigenvalue weighted by molar-refractivity contribution is 7.22. The van der Waals surface area contributed by atoms with Gasteiger partial charge in [0.05, 0.1) is 28.9 Å². The summed E-state index contributed by atoms with van der Waals surface area (Å²) in [4.78, 5) is 33.3. The van der Waals surface area contributed by atoms with Crippen molar-refractivity contribution >= 4 is 44.5 Å². The van der Waals surface area contributed by atoms with Crippen LogP contribution in [0.1, 0.15) is 22.7 Å². The number of aliphatic hydroxyl groups is 1. The van der Waals surface area contributed by atoms with Crippen LogP contribution in [0.3, 0.4) is 0 Å². The van der Waals surface area contributed by atoms with Crippen LogP contribution in [0, 0.1) is 0 Å². The Morgan fingerprint density at radius 1 is 0.952 bits per heavy atom. The van der Waals surface area contributed by atoms with Crippen molar-refractivity contribution in [1.82, 2.24) is 4.98 Å². The zero-order valence-electron chi connectivity index (χ0n) is 22.6. The number of rotatable bonds is 9. The molecular formula is C34H26N2O5S. The predicted molar refractivity (Wildman–Crippen MR) is 164 cm³/mol. The number of thiazole rings is 1. The summed E-state index contributed by atoms with van der Waals surface area (Å²) in [6.07, 6.45) is 3.04. The molecule has 2 heterocycles. The molecule has 42 heavy (non-hydrogen) atoms. The van der Waals surface area contributed by atoms with Gasteiger partial charge in [-0.2, -0.15) is 0 Å². The topological polar surface area (TPSA) is 89.0 Å². The Bertz CT molecular complexity index is 1830. The molecule has 208 valence electrons. The highest BCUT2D eigenvalue weighted by Crippen LogP contribution is 2.44. The van der Waals surface area contributed by atoms with Crippen LogP contribution < -0.4 is 14.4 Å². The molecule has 1 aliphatic rings. The van der Waals surface area contributed by atoms with Crippen molar-refractivity contribution in [2.24, 2.45) is 0 Å². The normalized spacial score (nSPS) is 15.1. The van der Waals surface area contributed by atoms with E-state index in [-0.39, 0.29) is 5.57 Å². The molecule has 1 atom stereocenters. The number of carbonyl (C=O) groups excluding carboxylic acids is 2. The van der Waals surface area contributed by atoms with Gasteiger partial charge >= 0.3 is 0 Å². The molecule has 5 aromatic rings. The summed E-state index contributed by atoms with van der Waals surface area (Å²) in [5.74, 6) is -0.548. The van der Waals surface area contributed by atoms with Crippen LogP contribution in [0.15, 0.2) is 121 Å². The van der Waals surface area contributed by atoms with Gasteiger partial charge in [-0.1, -0.05) is 90.2 Å². The van der Waals surface area contributed by atoms with Gasteiger partial charge < -0.3 is 14.6 Å². The van der Waals surface area contributed by atoms with Crippen LogP contribution in [0.5, 0.6) is 11.5 Å². The fraction of sp³-hybridized carbons (Fsp3) is 0.0882. The highest BCUT2D eigenvalue weighted by Gasteiger charge is 2.45. The van der Waals surface area contributed by atoms with Gasteiger partial charge in [-0.05, 0) is 53.1 Å². The van der Waals surface area contributed by atoms with Crippen LogP contribution in [-0.4, -0.2) is 28.9 Å². The molecule has 0 aliphatic carbocycles. The molecule has 7 nitrogen and oxygen atoms in total. The third kappa shape index (κ3) is 5.40. The van der Waals surface area contributed by atoms with Crippen molar-refractivity contribution in [3.63, 3.8) is 0 Å². The number of benzene rings is 4. The van der Waals surface area contributed by atoms with E-state index in [1.807, 2.05) is 84.9 Å². The first-order valence-electron chi connectivity index (χ1n) is 13.3. The quantitative estimate of drug-likeness (QED) is 0.190. The summed E-state index contributed by atoms with van der Waals surface area (Å²) < 4.78 is 12.2. The molecule has 0 radical (unpaired) electrons. The number of methoxy groups -OCH3 is 1. The zero-order valence-corrected chi connectivity index (χ0v) is 23.5. The number of ether oxygens (including phenoxy) is 2. The Hall–Kier alpha value is -5.21. The summed E-state index contributed by atoms with van der Waals surface area (Å²) in [5.41, 5.74) is 3.08. The Labute approximate surface area is 246 Å². The van der Waals surface area contributed by atoms with E-state index >= 15 is 0 Å². The minimum absolute atomic E-state index is 0.0239. The molecule has 0 saturated heterocycles. The summed E-state index contributed by atoms with van der Waals surface area (Å²) in [6, 6.07) is 30.9. The molecule has 1 N–H and O–H groups in total. The van der Waals surface area contributed by atoms with E-state index in [1.54, 1.807) is 31.4 Å². The Morgan fingerprint density at radius 3 is 2.48 bits per heavy atom. The first-order valence-corrected chi connectivity index (χ1v) is 14.1. The van der Waals surface area contributed by atoms with Crippen LogP contribution in [0.2, 0.25) is 0 Å². The molecule has 0 saturated carbocycles. The molecule has 0 spiro atoms. The van der Waals surface area contributed by atoms with Crippen LogP contribution in [-0.2, 0) is 16.2 Å². The van der Waals surface area contributed by atoms with Crippen molar-refractivity contribution in [2.75, 3.05) is 12.0 Å². The van der Waals surface area contributed by atoms with E-state index in [9.17, 15) is 14.7 Å². The SMILES string of the molecule is COc1ccc2nc(N3C(=O)C(O)=C(C(=O)/C=C/c4ccccc4)C3c3cccc(OCc4ccccc4)c3)sc2c1. The van der Waals surface area contributed by atoms with Crippen molar-refractivity contribution in [3.05, 3.63) is 137 Å². The van der Waals surface area contributed by atoms with E-state index in [4.69, 9.17) is 9.47 Å². The number of nitrogens with zero attached hydrogens (tertiary/aromatic N) is 2. The van der Waals surface area contributed by atoms with Gasteiger partial charge in [0.1, 0.15) is 18.1 Å². The number of hydrogen-bond donors (Lipinski definition) is 1. The monoisotopic (exact) mass is 574 g/mol. The second-order valence-electron chi connectivity index (χ2n) is 9.63. The second-order valence-corrected chi connectivity index (χ2v) is 10.6. The average molecular weight is 575 g/mol. The Balaban J connectivity index is 1.40. The number of aliphatic hydroxyl groups excluding tert-OH is 1. The first kappa shape index (κ1) is 27.0. The lowest BCUT2D eigenvalue weighted by Crippen LogP contribution is -2.30. The van der Waals surface area contributed by atoms with Gasteiger partial charge in [-0.3, -0.25) is 14.5 Å². The third-order valence-electron chi connectivity index (χ3n) is 6.91. The molecule has 0 bridgehead atoms. The summed E-state index contributed by atoms with van der Waals surface area (Å²) in [6.45, 7) is 0.351. The molecule has 1 aromatic heterocycles. The number of anilines is 1. The molecule has 4 aromatic carbocycles. The molecule has 1 aliphatic heterocycles. The smallest absolute Gasteiger partial charge is 0.296 e. The van der Waals surface area contributed by atoms with E-state index in [2.05, 4.69) is 4.98 Å². The minimum atomic E-state index is -0.923. The number of aromatic nitrogens is 1. The second kappa shape index (κ2) is 11.7. The lowest BCUT2D eigenvalue weighted by molar-refractivity contribution is -0.117. The maximum atomic E-state index is 13.6. The van der Waals surface area contributed by atoms with Gasteiger partial charge in [0.2, 0.25) is 0 Å². The number of carbonyl (C=O) groups is 2. The standard InChI is InChI=1S/C34H26N2O5S/c1-40-25-16-17-27-29(20-25)42-34(35-27)36-31(24-13-8-14-26(19-24)41-21-23-11-6-3-7-12-23)30(32(38)33(36)39)28(37)18-15-22-9-4-2-5-10-22/h2-20,31,38H,21H2,1H3/b18-15+. The van der Waals surface area contributed by atoms with Crippen LogP contribution in [0.4, 0.5) is 5.13 Å². The maximum absolute atomic E-state index is 13.6. The molecule has 1 unspecified atom stereocenters. The van der Waals surface area contributed by atoms with Crippen LogP contribution >= 0.6 is 11.3 Å². The van der Waals surface area contributed by atoms with Gasteiger partial charge in [0.15, 0.2) is 16.7 Å². The third-order valence-corrected chi connectivity index (χ3v) is 7.93. The number of amides is 1. The van der Waals surface area contributed by atoms with Gasteiger partial charge in [0.25, 0.3) is 5.91 Å². The van der Waals surface area contributed by atoms with E-state index in [1.165, 1.54) is 22.3 Å². The fourth-order valence-corrected chi connectivity index (χ4v) is 5.85. The number of allylic oxidation sites excluding steroid dienone is 1. The van der Waals surface area contributed by atoms with Gasteiger partial charge in [0, 0.05) is 0 Å². The average Bonchev–Trinajstić information content (AvgIpc) is 3.57. The Morgan fingerprint density at radius 2 is 1.71 bits per heavy atom. The lowest BCUT2D eigenvalue weighted by Gasteiger charge is -2.24. The van der Waals surface area contributed by atoms with Crippen molar-refractivity contribution < 1.29 is 24.2 Å². The van der Waals surface area contributed by atoms with E-state index in [0.29, 0.717) is 34.3 Å². The van der Waals surface area contributed by atoms with E-state index < -0.39 is 23.5 Å². The fourth-order valence-electron chi connectivity index (χ4n) is 4.83. The molecule has 0 fully saturated rings. The number of fused-ring (bicyclic) bond motifs is 1. The van der Waals surface area contributed by atoms with E-state index in [0.717, 1.165) is 15.8 Å². The van der Waals surface area contributed by atoms with Crippen LogP contribution in [0.25, 0.3) is 16.3 Å². The summed E-state index contributed by atoms with van der Waals surface area (Å²) in [7, 11) is 1.58. The highest BCUT2D eigenvalue weighted by atomic mass is 32.1. The van der Waals surface area contributed by atoms with Crippen molar-refractivity contribution in [3.8, 4) is 11.5 Å². The molecule has 6 rings (SSSR count). The maximum Gasteiger partial charge on any atom is 0.296 e. The summed E-state index contributed by atoms with van der Waals surface area (Å²) in [5, 5.41) is 11.5. The predicted octanol–water partition coefficient (Wildman–Crippen LogP) is 7.07. The van der Waals surface area contributed by atoms with Gasteiger partial charge in [-0.25, -0.2) is 4.98 Å². The largest absolute Gasteiger partial charge is 0.503 e. The lowest BCUT2D eigenvalue weighted by atomic mass is 9.95. The minimum Gasteiger partial charge on any atom is -0.503 e.